The van der Waals surface area contributed by atoms with Gasteiger partial charge in [-0.3, -0.25) is 0 Å². The highest BCUT2D eigenvalue weighted by atomic mass is 16.5. The molecule has 19 heavy (non-hydrogen) atoms. The Bertz CT molecular complexity index is 595. The fraction of sp³-hybridized carbons (Fsp3) is 0.286. The van der Waals surface area contributed by atoms with Crippen LogP contribution in [0.2, 0.25) is 0 Å². The molecule has 0 radical (unpaired) electrons. The number of hydrogen-bond acceptors (Lipinski definition) is 4. The summed E-state index contributed by atoms with van der Waals surface area (Å²) >= 11 is 0. The maximum absolute atomic E-state index is 10.7. The molecule has 0 fully saturated rings. The molecule has 0 unspecified atom stereocenters. The third-order valence-electron chi connectivity index (χ3n) is 2.58. The first-order valence-corrected chi connectivity index (χ1v) is 5.87. The van der Waals surface area contributed by atoms with E-state index in [2.05, 4.69) is 5.16 Å². The Morgan fingerprint density at radius 3 is 2.68 bits per heavy atom. The molecule has 0 aliphatic carbocycles. The summed E-state index contributed by atoms with van der Waals surface area (Å²) in [4.78, 5) is 10.7. The van der Waals surface area contributed by atoms with Crippen molar-refractivity contribution in [1.82, 2.24) is 5.16 Å². The molecule has 5 heteroatoms. The third kappa shape index (κ3) is 3.42. The van der Waals surface area contributed by atoms with Crippen LogP contribution >= 0.6 is 0 Å². The monoisotopic (exact) mass is 261 g/mol. The van der Waals surface area contributed by atoms with Crippen LogP contribution < -0.4 is 0 Å². The highest BCUT2D eigenvalue weighted by Gasteiger charge is 2.15. The molecule has 2 rings (SSSR count). The van der Waals surface area contributed by atoms with E-state index in [9.17, 15) is 9.90 Å². The van der Waals surface area contributed by atoms with Gasteiger partial charge in [-0.15, -0.1) is 0 Å². The van der Waals surface area contributed by atoms with E-state index in [1.54, 1.807) is 19.9 Å². The van der Waals surface area contributed by atoms with Crippen LogP contribution in [-0.2, 0) is 6.42 Å². The molecule has 2 N–H and O–H groups in total. The first-order chi connectivity index (χ1) is 8.85. The molecule has 1 heterocycles. The van der Waals surface area contributed by atoms with E-state index in [0.29, 0.717) is 12.2 Å². The summed E-state index contributed by atoms with van der Waals surface area (Å²) in [6.07, 6.45) is 0.501. The number of hydrogen-bond donors (Lipinski definition) is 2. The molecule has 2 aromatic rings. The minimum absolute atomic E-state index is 0.122. The van der Waals surface area contributed by atoms with Crippen LogP contribution in [0.4, 0.5) is 0 Å². The lowest BCUT2D eigenvalue weighted by atomic mass is 9.97. The molecule has 0 saturated carbocycles. The number of aromatic nitrogens is 1. The second-order valence-corrected chi connectivity index (χ2v) is 5.07. The Kier molecular flexibility index (Phi) is 3.40. The molecule has 0 aliphatic heterocycles. The van der Waals surface area contributed by atoms with Crippen LogP contribution in [0, 0.1) is 0 Å². The number of aliphatic hydroxyl groups is 1. The first kappa shape index (κ1) is 13.3. The molecule has 0 aliphatic rings. The van der Waals surface area contributed by atoms with Gasteiger partial charge in [-0.2, -0.15) is 0 Å². The number of carboxylic acids is 1. The minimum atomic E-state index is -1.12. The molecule has 0 bridgehead atoms. The fourth-order valence-electron chi connectivity index (χ4n) is 1.85. The van der Waals surface area contributed by atoms with Gasteiger partial charge in [-0.25, -0.2) is 4.79 Å². The predicted molar refractivity (Wildman–Crippen MR) is 68.9 cm³/mol. The molecule has 1 aromatic carbocycles. The van der Waals surface area contributed by atoms with Gasteiger partial charge >= 0.3 is 5.97 Å². The quantitative estimate of drug-likeness (QED) is 0.882. The van der Waals surface area contributed by atoms with Crippen molar-refractivity contribution in [2.24, 2.45) is 0 Å². The molecule has 100 valence electrons. The maximum atomic E-state index is 10.7. The summed E-state index contributed by atoms with van der Waals surface area (Å²) in [6.45, 7) is 3.47. The Balaban J connectivity index is 2.29. The van der Waals surface area contributed by atoms with Crippen LogP contribution in [0.5, 0.6) is 0 Å². The topological polar surface area (TPSA) is 83.6 Å². The van der Waals surface area contributed by atoms with Crippen molar-refractivity contribution < 1.29 is 19.5 Å². The van der Waals surface area contributed by atoms with Crippen molar-refractivity contribution in [2.75, 3.05) is 0 Å². The van der Waals surface area contributed by atoms with Gasteiger partial charge < -0.3 is 14.7 Å². The Morgan fingerprint density at radius 2 is 2.11 bits per heavy atom. The zero-order valence-corrected chi connectivity index (χ0v) is 10.8. The Labute approximate surface area is 110 Å². The average Bonchev–Trinajstić information content (AvgIpc) is 2.76. The molecular weight excluding hydrogens is 246 g/mol. The largest absolute Gasteiger partial charge is 0.476 e. The number of aromatic carboxylic acids is 1. The lowest BCUT2D eigenvalue weighted by Crippen LogP contribution is -2.21. The number of benzene rings is 1. The molecular formula is C14H15NO4. The van der Waals surface area contributed by atoms with Crippen molar-refractivity contribution in [3.05, 3.63) is 41.6 Å². The minimum Gasteiger partial charge on any atom is -0.476 e. The van der Waals surface area contributed by atoms with Crippen LogP contribution in [0.1, 0.15) is 29.9 Å². The molecule has 0 amide bonds. The Hall–Kier alpha value is -2.14. The second-order valence-electron chi connectivity index (χ2n) is 5.07. The van der Waals surface area contributed by atoms with Gasteiger partial charge in [0, 0.05) is 18.1 Å². The summed E-state index contributed by atoms with van der Waals surface area (Å²) in [7, 11) is 0. The number of rotatable bonds is 4. The van der Waals surface area contributed by atoms with E-state index >= 15 is 0 Å². The van der Waals surface area contributed by atoms with E-state index in [-0.39, 0.29) is 5.69 Å². The van der Waals surface area contributed by atoms with E-state index < -0.39 is 11.6 Å². The molecule has 1 aromatic heterocycles. The highest BCUT2D eigenvalue weighted by Crippen LogP contribution is 2.23. The summed E-state index contributed by atoms with van der Waals surface area (Å²) in [5.41, 5.74) is 0.759. The van der Waals surface area contributed by atoms with Gasteiger partial charge in [-0.05, 0) is 25.5 Å². The van der Waals surface area contributed by atoms with Crippen molar-refractivity contribution in [3.8, 4) is 11.3 Å². The standard InChI is InChI=1S/C14H15NO4/c1-14(2,18)8-9-4-3-5-10(6-9)12-7-11(13(16)17)15-19-12/h3-7,18H,8H2,1-2H3,(H,16,17). The molecule has 0 spiro atoms. The van der Waals surface area contributed by atoms with Crippen molar-refractivity contribution in [3.63, 3.8) is 0 Å². The lowest BCUT2D eigenvalue weighted by Gasteiger charge is -2.17. The van der Waals surface area contributed by atoms with Gasteiger partial charge in [0.15, 0.2) is 11.5 Å². The second kappa shape index (κ2) is 4.85. The highest BCUT2D eigenvalue weighted by molar-refractivity contribution is 5.86. The number of carboxylic acid groups (broad SMARTS) is 1. The van der Waals surface area contributed by atoms with E-state index in [1.165, 1.54) is 6.07 Å². The Morgan fingerprint density at radius 1 is 1.37 bits per heavy atom. The van der Waals surface area contributed by atoms with Crippen molar-refractivity contribution in [2.45, 2.75) is 25.9 Å². The zero-order chi connectivity index (χ0) is 14.0. The smallest absolute Gasteiger partial charge is 0.358 e. The SMILES string of the molecule is CC(C)(O)Cc1cccc(-c2cc(C(=O)O)no2)c1. The van der Waals surface area contributed by atoms with Gasteiger partial charge in [0.2, 0.25) is 0 Å². The third-order valence-corrected chi connectivity index (χ3v) is 2.58. The zero-order valence-electron chi connectivity index (χ0n) is 10.8. The van der Waals surface area contributed by atoms with Gasteiger partial charge in [-0.1, -0.05) is 23.4 Å². The normalized spacial score (nSPS) is 11.5. The molecule has 5 nitrogen and oxygen atoms in total. The first-order valence-electron chi connectivity index (χ1n) is 5.87. The van der Waals surface area contributed by atoms with Crippen LogP contribution in [-0.4, -0.2) is 26.9 Å². The van der Waals surface area contributed by atoms with E-state index in [1.807, 2.05) is 18.2 Å². The molecule has 0 atom stereocenters. The predicted octanol–water partition coefficient (Wildman–Crippen LogP) is 2.35. The summed E-state index contributed by atoms with van der Waals surface area (Å²) in [5.74, 6) is -0.724. The summed E-state index contributed by atoms with van der Waals surface area (Å²) in [5, 5.41) is 22.1. The van der Waals surface area contributed by atoms with E-state index in [4.69, 9.17) is 9.63 Å². The summed E-state index contributed by atoms with van der Waals surface area (Å²) < 4.78 is 5.00. The average molecular weight is 261 g/mol. The fourth-order valence-corrected chi connectivity index (χ4v) is 1.85. The van der Waals surface area contributed by atoms with Crippen LogP contribution in [0.15, 0.2) is 34.9 Å². The van der Waals surface area contributed by atoms with E-state index in [0.717, 1.165) is 11.1 Å². The van der Waals surface area contributed by atoms with Gasteiger partial charge in [0.25, 0.3) is 0 Å². The van der Waals surface area contributed by atoms with Crippen molar-refractivity contribution in [1.29, 1.82) is 0 Å². The molecule has 0 saturated heterocycles. The summed E-state index contributed by atoms with van der Waals surface area (Å²) in [6, 6.07) is 8.77. The maximum Gasteiger partial charge on any atom is 0.358 e. The van der Waals surface area contributed by atoms with Crippen LogP contribution in [0.25, 0.3) is 11.3 Å². The van der Waals surface area contributed by atoms with Crippen LogP contribution in [0.3, 0.4) is 0 Å². The van der Waals surface area contributed by atoms with Gasteiger partial charge in [0.05, 0.1) is 5.60 Å². The number of carbonyl (C=O) groups is 1. The van der Waals surface area contributed by atoms with Crippen molar-refractivity contribution >= 4 is 5.97 Å². The van der Waals surface area contributed by atoms with Gasteiger partial charge in [0.1, 0.15) is 0 Å². The lowest BCUT2D eigenvalue weighted by molar-refractivity contribution is 0.0685. The number of nitrogens with zero attached hydrogens (tertiary/aromatic N) is 1.